The first-order valence-electron chi connectivity index (χ1n) is 18.6. The summed E-state index contributed by atoms with van der Waals surface area (Å²) in [6.45, 7) is 0. The number of aryl methyl sites for hydroxylation is 1. The van der Waals surface area contributed by atoms with Crippen LogP contribution in [0.2, 0.25) is 0 Å². The fourth-order valence-corrected chi connectivity index (χ4v) is 9.83. The van der Waals surface area contributed by atoms with E-state index in [2.05, 4.69) is 137 Å². The molecule has 0 spiro atoms. The van der Waals surface area contributed by atoms with Crippen LogP contribution >= 0.6 is 11.8 Å². The van der Waals surface area contributed by atoms with E-state index < -0.39 is 5.41 Å². The maximum absolute atomic E-state index is 6.57. The Labute approximate surface area is 348 Å². The Bertz CT molecular complexity index is 3080. The number of aromatic nitrogens is 4. The summed E-state index contributed by atoms with van der Waals surface area (Å²) in [6, 6.07) is 66.8. The number of nitrogens with zero attached hydrogens (tertiary/aromatic N) is 4. The van der Waals surface area contributed by atoms with Gasteiger partial charge in [0.05, 0.1) is 27.8 Å². The van der Waals surface area contributed by atoms with E-state index in [4.69, 9.17) is 14.7 Å². The molecule has 0 N–H and O–H groups in total. The molecular formula is C50H32N4OPdS. The molecule has 0 unspecified atom stereocenters. The third-order valence-corrected chi connectivity index (χ3v) is 12.1. The van der Waals surface area contributed by atoms with Gasteiger partial charge in [0.1, 0.15) is 5.65 Å². The zero-order chi connectivity index (χ0) is 37.2. The van der Waals surface area contributed by atoms with E-state index in [1.165, 1.54) is 32.0 Å². The van der Waals surface area contributed by atoms with Crippen molar-refractivity contribution in [3.05, 3.63) is 210 Å². The van der Waals surface area contributed by atoms with Crippen LogP contribution in [0.4, 0.5) is 0 Å². The summed E-state index contributed by atoms with van der Waals surface area (Å²) in [5.41, 5.74) is 9.89. The van der Waals surface area contributed by atoms with E-state index in [-0.39, 0.29) is 20.4 Å². The van der Waals surface area contributed by atoms with E-state index in [0.717, 1.165) is 50.0 Å². The van der Waals surface area contributed by atoms with Gasteiger partial charge in [0.25, 0.3) is 0 Å². The minimum Gasteiger partial charge on any atom is -0.503 e. The maximum Gasteiger partial charge on any atom is 2.00 e. The SMILES string of the molecule is Cn1c(-c2[c-]c(Oc3[c-]c(-n4c5ncccc5c5ccc6c(c54)C(c4ccccc4)(c4ccccc4)c4ccccc4S6)ccc3)ccc2)nc2ccccc21.[Pd+2]. The Kier molecular flexibility index (Phi) is 8.68. The first kappa shape index (κ1) is 35.2. The van der Waals surface area contributed by atoms with Gasteiger partial charge >= 0.3 is 20.4 Å². The summed E-state index contributed by atoms with van der Waals surface area (Å²) < 4.78 is 10.9. The first-order valence-corrected chi connectivity index (χ1v) is 19.5. The predicted molar refractivity (Wildman–Crippen MR) is 225 cm³/mol. The quantitative estimate of drug-likeness (QED) is 0.124. The molecule has 4 heterocycles. The van der Waals surface area contributed by atoms with Gasteiger partial charge in [-0.3, -0.25) is 4.98 Å². The predicted octanol–water partition coefficient (Wildman–Crippen LogP) is 12.0. The number of rotatable bonds is 6. The van der Waals surface area contributed by atoms with Crippen LogP contribution in [0.3, 0.4) is 0 Å². The van der Waals surface area contributed by atoms with Gasteiger partial charge in [-0.25, -0.2) is 4.98 Å². The van der Waals surface area contributed by atoms with E-state index in [0.29, 0.717) is 11.5 Å². The largest absolute Gasteiger partial charge is 2.00 e. The van der Waals surface area contributed by atoms with Crippen LogP contribution in [-0.2, 0) is 32.9 Å². The number of ether oxygens (including phenoxy) is 1. The molecule has 3 aromatic heterocycles. The second-order valence-electron chi connectivity index (χ2n) is 14.0. The van der Waals surface area contributed by atoms with Gasteiger partial charge in [-0.2, -0.15) is 6.07 Å². The molecule has 0 fully saturated rings. The Morgan fingerprint density at radius 2 is 1.32 bits per heavy atom. The van der Waals surface area contributed by atoms with E-state index >= 15 is 0 Å². The second-order valence-corrected chi connectivity index (χ2v) is 15.1. The molecule has 7 heteroatoms. The van der Waals surface area contributed by atoms with Crippen molar-refractivity contribution < 1.29 is 25.2 Å². The van der Waals surface area contributed by atoms with Crippen LogP contribution in [0, 0.1) is 12.1 Å². The zero-order valence-corrected chi connectivity index (χ0v) is 33.0. The first-order chi connectivity index (χ1) is 27.7. The van der Waals surface area contributed by atoms with Gasteiger partial charge in [-0.15, -0.1) is 42.0 Å². The minimum absolute atomic E-state index is 0. The second kappa shape index (κ2) is 14.1. The summed E-state index contributed by atoms with van der Waals surface area (Å²) in [5.74, 6) is 1.99. The van der Waals surface area contributed by atoms with Crippen LogP contribution in [0.25, 0.3) is 50.0 Å². The fourth-order valence-electron chi connectivity index (χ4n) is 8.63. The van der Waals surface area contributed by atoms with Crippen molar-refractivity contribution in [2.45, 2.75) is 15.2 Å². The van der Waals surface area contributed by atoms with E-state index in [1.54, 1.807) is 0 Å². The topological polar surface area (TPSA) is 44.9 Å². The molecule has 57 heavy (non-hydrogen) atoms. The number of pyridine rings is 1. The molecule has 1 aliphatic rings. The molecule has 0 atom stereocenters. The molecule has 0 saturated carbocycles. The van der Waals surface area contributed by atoms with Gasteiger partial charge in [0.2, 0.25) is 0 Å². The van der Waals surface area contributed by atoms with Crippen molar-refractivity contribution >= 4 is 44.7 Å². The molecule has 7 aromatic carbocycles. The van der Waals surface area contributed by atoms with Crippen molar-refractivity contribution in [1.29, 1.82) is 0 Å². The van der Waals surface area contributed by atoms with Gasteiger partial charge in [-0.1, -0.05) is 121 Å². The molecular weight excluding hydrogens is 811 g/mol. The normalized spacial score (nSPS) is 12.9. The third-order valence-electron chi connectivity index (χ3n) is 11.0. The number of benzene rings is 7. The molecule has 10 aromatic rings. The third kappa shape index (κ3) is 5.50. The van der Waals surface area contributed by atoms with Gasteiger partial charge in [-0.05, 0) is 53.1 Å². The molecule has 0 bridgehead atoms. The fraction of sp³-hybridized carbons (Fsp3) is 0.0400. The maximum atomic E-state index is 6.57. The molecule has 1 aliphatic heterocycles. The molecule has 0 aliphatic carbocycles. The zero-order valence-electron chi connectivity index (χ0n) is 30.7. The summed E-state index contributed by atoms with van der Waals surface area (Å²) in [4.78, 5) is 12.4. The van der Waals surface area contributed by atoms with Gasteiger partial charge in [0, 0.05) is 50.9 Å². The summed E-state index contributed by atoms with van der Waals surface area (Å²) >= 11 is 1.83. The Morgan fingerprint density at radius 1 is 0.614 bits per heavy atom. The average molecular weight is 843 g/mol. The standard InChI is InChI=1S/C50H32N4OS.Pd/c1-53-43-26-10-9-25-42(43)52-48(53)33-15-12-21-37(31-33)55-38-22-13-20-36(32-38)54-47-39(40-23-14-30-51-49(40)54)28-29-45-46(47)50(34-16-4-2-5-17-34,35-18-6-3-7-19-35)41-24-8-11-27-44(41)56-45;/h2-30H,1H3;/q-2;+2. The van der Waals surface area contributed by atoms with Gasteiger partial charge in [0.15, 0.2) is 0 Å². The van der Waals surface area contributed by atoms with Crippen LogP contribution in [0.1, 0.15) is 22.3 Å². The minimum atomic E-state index is -0.634. The number of fused-ring (bicyclic) bond motifs is 7. The molecule has 5 nitrogen and oxygen atoms in total. The number of imidazole rings is 1. The molecule has 0 saturated heterocycles. The molecule has 0 amide bonds. The Hall–Kier alpha value is -6.23. The van der Waals surface area contributed by atoms with Gasteiger partial charge < -0.3 is 13.9 Å². The van der Waals surface area contributed by atoms with E-state index in [1.807, 2.05) is 79.6 Å². The van der Waals surface area contributed by atoms with Crippen LogP contribution in [0.15, 0.2) is 186 Å². The van der Waals surface area contributed by atoms with Crippen molar-refractivity contribution in [1.82, 2.24) is 19.1 Å². The summed E-state index contributed by atoms with van der Waals surface area (Å²) in [6.07, 6.45) is 1.87. The molecule has 0 radical (unpaired) electrons. The monoisotopic (exact) mass is 842 g/mol. The molecule has 274 valence electrons. The smallest absolute Gasteiger partial charge is 0.503 e. The van der Waals surface area contributed by atoms with Crippen LogP contribution < -0.4 is 4.74 Å². The van der Waals surface area contributed by atoms with Crippen molar-refractivity contribution in [3.8, 4) is 28.6 Å². The van der Waals surface area contributed by atoms with Crippen molar-refractivity contribution in [3.63, 3.8) is 0 Å². The Balaban J connectivity index is 0.00000396. The van der Waals surface area contributed by atoms with E-state index in [9.17, 15) is 0 Å². The summed E-state index contributed by atoms with van der Waals surface area (Å²) in [7, 11) is 2.03. The Morgan fingerprint density at radius 3 is 2.11 bits per heavy atom. The van der Waals surface area contributed by atoms with Crippen LogP contribution in [-0.4, -0.2) is 19.1 Å². The van der Waals surface area contributed by atoms with Crippen molar-refractivity contribution in [2.75, 3.05) is 0 Å². The molecule has 11 rings (SSSR count). The van der Waals surface area contributed by atoms with Crippen molar-refractivity contribution in [2.24, 2.45) is 7.05 Å². The number of hydrogen-bond acceptors (Lipinski definition) is 4. The number of hydrogen-bond donors (Lipinski definition) is 0. The van der Waals surface area contributed by atoms with Crippen LogP contribution in [0.5, 0.6) is 11.5 Å². The number of para-hydroxylation sites is 2. The summed E-state index contributed by atoms with van der Waals surface area (Å²) in [5, 5.41) is 2.21. The average Bonchev–Trinajstić information content (AvgIpc) is 3.78.